The Hall–Kier alpha value is -2.13. The Morgan fingerprint density at radius 3 is 2.13 bits per heavy atom. The number of carbonyl (C=O) groups is 2. The minimum absolute atomic E-state index is 0.00528. The van der Waals surface area contributed by atoms with Gasteiger partial charge in [0.1, 0.15) is 0 Å². The molecule has 3 nitrogen and oxygen atoms in total. The summed E-state index contributed by atoms with van der Waals surface area (Å²) in [6.45, 7) is 2.51. The molecule has 23 heavy (non-hydrogen) atoms. The van der Waals surface area contributed by atoms with Crippen LogP contribution in [-0.4, -0.2) is 11.7 Å². The summed E-state index contributed by atoms with van der Waals surface area (Å²) in [5, 5.41) is 3.48. The minimum atomic E-state index is -0.126. The van der Waals surface area contributed by atoms with Crippen molar-refractivity contribution < 1.29 is 9.59 Å². The number of nitrogens with one attached hydrogen (secondary N) is 1. The quantitative estimate of drug-likeness (QED) is 0.774. The van der Waals surface area contributed by atoms with E-state index in [9.17, 15) is 9.59 Å². The number of hydrogen-bond acceptors (Lipinski definition) is 2. The third kappa shape index (κ3) is 5.53. The van der Waals surface area contributed by atoms with Gasteiger partial charge in [-0.1, -0.05) is 54.9 Å². The molecule has 2 aromatic rings. The smallest absolute Gasteiger partial charge is 0.220 e. The van der Waals surface area contributed by atoms with Gasteiger partial charge in [-0.05, 0) is 29.7 Å². The van der Waals surface area contributed by atoms with Gasteiger partial charge in [0.05, 0.1) is 0 Å². The van der Waals surface area contributed by atoms with Crippen LogP contribution in [0.15, 0.2) is 48.5 Å². The zero-order valence-electron chi connectivity index (χ0n) is 13.1. The number of halogens is 1. The first-order chi connectivity index (χ1) is 11.1. The maximum Gasteiger partial charge on any atom is 0.220 e. The summed E-state index contributed by atoms with van der Waals surface area (Å²) in [7, 11) is 0. The van der Waals surface area contributed by atoms with Gasteiger partial charge < -0.3 is 5.32 Å². The zero-order chi connectivity index (χ0) is 16.7. The molecule has 120 valence electrons. The predicted octanol–water partition coefficient (Wildman–Crippen LogP) is 4.18. The Bertz CT molecular complexity index is 663. The molecule has 0 radical (unpaired) electrons. The van der Waals surface area contributed by atoms with E-state index in [0.717, 1.165) is 12.0 Å². The van der Waals surface area contributed by atoms with Crippen molar-refractivity contribution in [2.24, 2.45) is 0 Å². The van der Waals surface area contributed by atoms with E-state index >= 15 is 0 Å². The number of ketones is 1. The molecular weight excluding hydrogens is 310 g/mol. The minimum Gasteiger partial charge on any atom is -0.352 e. The van der Waals surface area contributed by atoms with Crippen LogP contribution in [0, 0.1) is 0 Å². The number of benzene rings is 2. The molecule has 0 saturated heterocycles. The molecule has 1 amide bonds. The number of hydrogen-bond donors (Lipinski definition) is 1. The van der Waals surface area contributed by atoms with Gasteiger partial charge in [-0.15, -0.1) is 0 Å². The molecule has 0 aromatic heterocycles. The lowest BCUT2D eigenvalue weighted by Gasteiger charge is -2.06. The van der Waals surface area contributed by atoms with Crippen molar-refractivity contribution in [3.05, 3.63) is 70.2 Å². The summed E-state index contributed by atoms with van der Waals surface area (Å²) in [6.07, 6.45) is 1.36. The molecule has 0 saturated carbocycles. The van der Waals surface area contributed by atoms with Gasteiger partial charge in [0.15, 0.2) is 5.78 Å². The Balaban J connectivity index is 1.76. The van der Waals surface area contributed by atoms with Gasteiger partial charge in [-0.3, -0.25) is 9.59 Å². The first-order valence-corrected chi connectivity index (χ1v) is 8.09. The molecule has 0 aliphatic carbocycles. The summed E-state index contributed by atoms with van der Waals surface area (Å²) in [6, 6.07) is 14.9. The highest BCUT2D eigenvalue weighted by Gasteiger charge is 2.09. The molecule has 0 fully saturated rings. The number of rotatable bonds is 7. The Labute approximate surface area is 141 Å². The third-order valence-corrected chi connectivity index (χ3v) is 3.92. The van der Waals surface area contributed by atoms with Crippen LogP contribution in [0.25, 0.3) is 0 Å². The van der Waals surface area contributed by atoms with Crippen LogP contribution in [0.1, 0.15) is 41.3 Å². The molecule has 0 spiro atoms. The van der Waals surface area contributed by atoms with Gasteiger partial charge in [0, 0.05) is 30.0 Å². The van der Waals surface area contributed by atoms with E-state index in [1.165, 1.54) is 5.56 Å². The van der Waals surface area contributed by atoms with Crippen molar-refractivity contribution in [3.63, 3.8) is 0 Å². The summed E-state index contributed by atoms with van der Waals surface area (Å²) < 4.78 is 0. The van der Waals surface area contributed by atoms with E-state index in [4.69, 9.17) is 11.6 Å². The topological polar surface area (TPSA) is 46.2 Å². The first kappa shape index (κ1) is 17.2. The lowest BCUT2D eigenvalue weighted by atomic mass is 10.0. The van der Waals surface area contributed by atoms with Gasteiger partial charge in [0.2, 0.25) is 5.91 Å². The van der Waals surface area contributed by atoms with Crippen LogP contribution in [0.3, 0.4) is 0 Å². The second-order valence-corrected chi connectivity index (χ2v) is 5.81. The summed E-state index contributed by atoms with van der Waals surface area (Å²) in [4.78, 5) is 23.9. The van der Waals surface area contributed by atoms with Crippen molar-refractivity contribution in [2.45, 2.75) is 32.7 Å². The maximum atomic E-state index is 12.1. The fourth-order valence-electron chi connectivity index (χ4n) is 2.19. The number of aryl methyl sites for hydroxylation is 1. The fraction of sp³-hybridized carbons (Fsp3) is 0.263. The van der Waals surface area contributed by atoms with Gasteiger partial charge in [-0.2, -0.15) is 0 Å². The molecule has 2 rings (SSSR count). The summed E-state index contributed by atoms with van der Waals surface area (Å²) in [5.41, 5.74) is 2.83. The molecule has 0 aliphatic rings. The molecule has 1 N–H and O–H groups in total. The molecule has 0 aliphatic heterocycles. The summed E-state index contributed by atoms with van der Waals surface area (Å²) in [5.74, 6) is -0.132. The zero-order valence-corrected chi connectivity index (χ0v) is 13.9. The molecule has 4 heteroatoms. The molecule has 2 aromatic carbocycles. The van der Waals surface area contributed by atoms with Crippen LogP contribution in [0.4, 0.5) is 0 Å². The standard InChI is InChI=1S/C19H20ClNO2/c1-2-14-3-7-16(8-4-14)18(22)11-12-19(23)21-13-15-5-9-17(20)10-6-15/h3-10H,2,11-13H2,1H3,(H,21,23). The maximum absolute atomic E-state index is 12.1. The van der Waals surface area contributed by atoms with Gasteiger partial charge >= 0.3 is 0 Å². The molecular formula is C19H20ClNO2. The van der Waals surface area contributed by atoms with Crippen LogP contribution in [-0.2, 0) is 17.8 Å². The van der Waals surface area contributed by atoms with Crippen LogP contribution >= 0.6 is 11.6 Å². The van der Waals surface area contributed by atoms with E-state index < -0.39 is 0 Å². The van der Waals surface area contributed by atoms with E-state index in [1.807, 2.05) is 36.4 Å². The van der Waals surface area contributed by atoms with Crippen LogP contribution in [0.5, 0.6) is 0 Å². The average molecular weight is 330 g/mol. The molecule has 0 bridgehead atoms. The lowest BCUT2D eigenvalue weighted by Crippen LogP contribution is -2.23. The second-order valence-electron chi connectivity index (χ2n) is 5.38. The van der Waals surface area contributed by atoms with Crippen LogP contribution in [0.2, 0.25) is 5.02 Å². The lowest BCUT2D eigenvalue weighted by molar-refractivity contribution is -0.121. The SMILES string of the molecule is CCc1ccc(C(=O)CCC(=O)NCc2ccc(Cl)cc2)cc1. The Morgan fingerprint density at radius 1 is 0.913 bits per heavy atom. The van der Waals surface area contributed by atoms with Crippen LogP contribution < -0.4 is 5.32 Å². The average Bonchev–Trinajstić information content (AvgIpc) is 2.59. The summed E-state index contributed by atoms with van der Waals surface area (Å²) >= 11 is 5.81. The molecule has 0 atom stereocenters. The van der Waals surface area contributed by atoms with E-state index in [-0.39, 0.29) is 24.5 Å². The second kappa shape index (κ2) is 8.49. The number of amides is 1. The van der Waals surface area contributed by atoms with Crippen molar-refractivity contribution in [1.82, 2.24) is 5.32 Å². The molecule has 0 heterocycles. The highest BCUT2D eigenvalue weighted by atomic mass is 35.5. The molecule has 0 unspecified atom stereocenters. The normalized spacial score (nSPS) is 10.3. The van der Waals surface area contributed by atoms with Gasteiger partial charge in [-0.25, -0.2) is 0 Å². The van der Waals surface area contributed by atoms with Crippen molar-refractivity contribution in [2.75, 3.05) is 0 Å². The van der Waals surface area contributed by atoms with Gasteiger partial charge in [0.25, 0.3) is 0 Å². The number of carbonyl (C=O) groups excluding carboxylic acids is 2. The Kier molecular flexibility index (Phi) is 6.36. The monoisotopic (exact) mass is 329 g/mol. The third-order valence-electron chi connectivity index (χ3n) is 3.67. The first-order valence-electron chi connectivity index (χ1n) is 7.71. The van der Waals surface area contributed by atoms with E-state index in [2.05, 4.69) is 12.2 Å². The highest BCUT2D eigenvalue weighted by Crippen LogP contribution is 2.10. The highest BCUT2D eigenvalue weighted by molar-refractivity contribution is 6.30. The fourth-order valence-corrected chi connectivity index (χ4v) is 2.32. The number of Topliss-reactive ketones (excluding diaryl/α,β-unsaturated/α-hetero) is 1. The van der Waals surface area contributed by atoms with Crippen molar-refractivity contribution in [1.29, 1.82) is 0 Å². The Morgan fingerprint density at radius 2 is 1.52 bits per heavy atom. The van der Waals surface area contributed by atoms with Crippen molar-refractivity contribution >= 4 is 23.3 Å². The van der Waals surface area contributed by atoms with E-state index in [0.29, 0.717) is 17.1 Å². The predicted molar refractivity (Wildman–Crippen MR) is 92.7 cm³/mol. The van der Waals surface area contributed by atoms with E-state index in [1.54, 1.807) is 12.1 Å². The van der Waals surface area contributed by atoms with Crippen molar-refractivity contribution in [3.8, 4) is 0 Å². The largest absolute Gasteiger partial charge is 0.352 e.